The highest BCUT2D eigenvalue weighted by Crippen LogP contribution is 2.10. The summed E-state index contributed by atoms with van der Waals surface area (Å²) in [6.07, 6.45) is 8.84. The molecule has 1 aliphatic heterocycles. The van der Waals surface area contributed by atoms with Crippen LogP contribution in [-0.2, 0) is 9.59 Å². The Hall–Kier alpha value is -2.26. The molecule has 3 heterocycles. The van der Waals surface area contributed by atoms with Crippen molar-refractivity contribution in [3.63, 3.8) is 0 Å². The van der Waals surface area contributed by atoms with Gasteiger partial charge in [-0.05, 0) is 61.0 Å². The molecule has 0 spiro atoms. The van der Waals surface area contributed by atoms with E-state index in [0.29, 0.717) is 13.1 Å². The predicted octanol–water partition coefficient (Wildman–Crippen LogP) is 3.17. The van der Waals surface area contributed by atoms with Gasteiger partial charge in [0.25, 0.3) is 0 Å². The Morgan fingerprint density at radius 1 is 0.781 bits per heavy atom. The van der Waals surface area contributed by atoms with Crippen LogP contribution >= 0.6 is 22.7 Å². The summed E-state index contributed by atoms with van der Waals surface area (Å²) in [4.78, 5) is 30.8. The Labute approximate surface area is 198 Å². The van der Waals surface area contributed by atoms with E-state index in [1.165, 1.54) is 0 Å². The molecular formula is C24H32N4O2S2. The average molecular weight is 473 g/mol. The van der Waals surface area contributed by atoms with Crippen LogP contribution in [0.2, 0.25) is 0 Å². The van der Waals surface area contributed by atoms with Gasteiger partial charge in [-0.15, -0.1) is 22.7 Å². The minimum Gasteiger partial charge on any atom is -0.353 e. The van der Waals surface area contributed by atoms with E-state index in [1.54, 1.807) is 34.8 Å². The SMILES string of the molecule is O=C(C=Cc1cccs1)NCCCN1CCN(CCCNC(=O)C=Cc2cccs2)CC1. The van der Waals surface area contributed by atoms with Crippen LogP contribution in [0, 0.1) is 0 Å². The second-order valence-corrected chi connectivity index (χ2v) is 9.63. The molecule has 0 aliphatic carbocycles. The Morgan fingerprint density at radius 2 is 1.22 bits per heavy atom. The molecule has 32 heavy (non-hydrogen) atoms. The minimum atomic E-state index is -0.0303. The Morgan fingerprint density at radius 3 is 1.59 bits per heavy atom. The molecule has 8 heteroatoms. The third kappa shape index (κ3) is 9.48. The fourth-order valence-corrected chi connectivity index (χ4v) is 4.71. The third-order valence-electron chi connectivity index (χ3n) is 5.25. The summed E-state index contributed by atoms with van der Waals surface area (Å²) in [6, 6.07) is 7.95. The zero-order valence-corrected chi connectivity index (χ0v) is 20.0. The van der Waals surface area contributed by atoms with Gasteiger partial charge < -0.3 is 20.4 Å². The van der Waals surface area contributed by atoms with Gasteiger partial charge in [-0.25, -0.2) is 0 Å². The quantitative estimate of drug-likeness (QED) is 0.368. The molecule has 2 aromatic heterocycles. The molecular weight excluding hydrogens is 440 g/mol. The van der Waals surface area contributed by atoms with E-state index in [2.05, 4.69) is 20.4 Å². The number of rotatable bonds is 12. The molecule has 2 aromatic rings. The minimum absolute atomic E-state index is 0.0303. The van der Waals surface area contributed by atoms with Crippen molar-refractivity contribution in [1.82, 2.24) is 20.4 Å². The molecule has 0 unspecified atom stereocenters. The monoisotopic (exact) mass is 472 g/mol. The summed E-state index contributed by atoms with van der Waals surface area (Å²) in [5.74, 6) is -0.0605. The Bertz CT molecular complexity index is 782. The van der Waals surface area contributed by atoms with Crippen LogP contribution in [0.15, 0.2) is 47.2 Å². The van der Waals surface area contributed by atoms with Gasteiger partial charge in [0.15, 0.2) is 0 Å². The normalized spacial score (nSPS) is 15.5. The molecule has 3 rings (SSSR count). The maximum Gasteiger partial charge on any atom is 0.244 e. The first-order valence-corrected chi connectivity index (χ1v) is 12.9. The van der Waals surface area contributed by atoms with Crippen molar-refractivity contribution >= 4 is 46.6 Å². The zero-order valence-electron chi connectivity index (χ0n) is 18.4. The number of nitrogens with one attached hydrogen (secondary N) is 2. The van der Waals surface area contributed by atoms with Gasteiger partial charge in [0.05, 0.1) is 0 Å². The van der Waals surface area contributed by atoms with Crippen molar-refractivity contribution in [2.24, 2.45) is 0 Å². The lowest BCUT2D eigenvalue weighted by Crippen LogP contribution is -2.47. The fourth-order valence-electron chi connectivity index (χ4n) is 3.47. The summed E-state index contributed by atoms with van der Waals surface area (Å²) < 4.78 is 0. The second-order valence-electron chi connectivity index (χ2n) is 7.67. The van der Waals surface area contributed by atoms with Crippen LogP contribution in [0.5, 0.6) is 0 Å². The summed E-state index contributed by atoms with van der Waals surface area (Å²) in [5.41, 5.74) is 0. The summed E-state index contributed by atoms with van der Waals surface area (Å²) in [6.45, 7) is 7.66. The smallest absolute Gasteiger partial charge is 0.244 e. The summed E-state index contributed by atoms with van der Waals surface area (Å²) >= 11 is 3.25. The van der Waals surface area contributed by atoms with E-state index >= 15 is 0 Å². The van der Waals surface area contributed by atoms with E-state index in [4.69, 9.17) is 0 Å². The van der Waals surface area contributed by atoms with Crippen molar-refractivity contribution in [2.75, 3.05) is 52.4 Å². The van der Waals surface area contributed by atoms with Crippen molar-refractivity contribution in [3.05, 3.63) is 56.9 Å². The van der Waals surface area contributed by atoms with Crippen molar-refractivity contribution in [1.29, 1.82) is 0 Å². The highest BCUT2D eigenvalue weighted by Gasteiger charge is 2.15. The molecule has 2 amide bonds. The van der Waals surface area contributed by atoms with E-state index in [9.17, 15) is 9.59 Å². The topological polar surface area (TPSA) is 64.7 Å². The lowest BCUT2D eigenvalue weighted by atomic mass is 10.2. The molecule has 2 N–H and O–H groups in total. The van der Waals surface area contributed by atoms with Crippen molar-refractivity contribution in [3.8, 4) is 0 Å². The number of carbonyl (C=O) groups excluding carboxylic acids is 2. The summed E-state index contributed by atoms with van der Waals surface area (Å²) in [5, 5.41) is 9.92. The van der Waals surface area contributed by atoms with Gasteiger partial charge in [-0.1, -0.05) is 12.1 Å². The number of thiophene rings is 2. The highest BCUT2D eigenvalue weighted by molar-refractivity contribution is 7.11. The number of amides is 2. The second kappa shape index (κ2) is 14.0. The standard InChI is InChI=1S/C24H32N4O2S2/c29-23(9-7-21-5-1-19-31-21)25-11-3-13-27-15-17-28(18-16-27)14-4-12-26-24(30)10-8-22-6-2-20-32-22/h1-2,5-10,19-20H,3-4,11-18H2,(H,25,29)(H,26,30). The molecule has 0 saturated carbocycles. The van der Waals surface area contributed by atoms with Crippen LogP contribution in [-0.4, -0.2) is 74.0 Å². The largest absolute Gasteiger partial charge is 0.353 e. The highest BCUT2D eigenvalue weighted by atomic mass is 32.1. The number of piperazine rings is 1. The van der Waals surface area contributed by atoms with Gasteiger partial charge in [0.1, 0.15) is 0 Å². The number of hydrogen-bond donors (Lipinski definition) is 2. The van der Waals surface area contributed by atoms with E-state index in [-0.39, 0.29) is 11.8 Å². The van der Waals surface area contributed by atoms with Crippen LogP contribution in [0.4, 0.5) is 0 Å². The van der Waals surface area contributed by atoms with Gasteiger partial charge in [0.2, 0.25) is 11.8 Å². The van der Waals surface area contributed by atoms with Crippen LogP contribution in [0.3, 0.4) is 0 Å². The van der Waals surface area contributed by atoms with Crippen LogP contribution in [0.25, 0.3) is 12.2 Å². The van der Waals surface area contributed by atoms with E-state index in [0.717, 1.165) is 61.9 Å². The van der Waals surface area contributed by atoms with E-state index in [1.807, 2.05) is 47.2 Å². The third-order valence-corrected chi connectivity index (χ3v) is 6.93. The Kier molecular flexibility index (Phi) is 10.7. The predicted molar refractivity (Wildman–Crippen MR) is 135 cm³/mol. The number of nitrogens with zero attached hydrogens (tertiary/aromatic N) is 2. The Balaban J connectivity index is 1.17. The van der Waals surface area contributed by atoms with Gasteiger partial charge in [-0.3, -0.25) is 9.59 Å². The van der Waals surface area contributed by atoms with Gasteiger partial charge in [0, 0.05) is 61.2 Å². The molecule has 0 atom stereocenters. The molecule has 6 nitrogen and oxygen atoms in total. The molecule has 1 aliphatic rings. The lowest BCUT2D eigenvalue weighted by Gasteiger charge is -2.34. The average Bonchev–Trinajstić information content (AvgIpc) is 3.52. The molecule has 0 radical (unpaired) electrons. The maximum atomic E-state index is 11.8. The van der Waals surface area contributed by atoms with Crippen LogP contribution in [0.1, 0.15) is 22.6 Å². The van der Waals surface area contributed by atoms with Gasteiger partial charge >= 0.3 is 0 Å². The molecule has 1 fully saturated rings. The fraction of sp³-hybridized carbons (Fsp3) is 0.417. The first-order valence-electron chi connectivity index (χ1n) is 11.1. The van der Waals surface area contributed by atoms with Crippen molar-refractivity contribution in [2.45, 2.75) is 12.8 Å². The number of carbonyl (C=O) groups is 2. The molecule has 172 valence electrons. The summed E-state index contributed by atoms with van der Waals surface area (Å²) in [7, 11) is 0. The number of hydrogen-bond acceptors (Lipinski definition) is 6. The van der Waals surface area contributed by atoms with Crippen molar-refractivity contribution < 1.29 is 9.59 Å². The molecule has 0 bridgehead atoms. The maximum absolute atomic E-state index is 11.8. The zero-order chi connectivity index (χ0) is 22.4. The lowest BCUT2D eigenvalue weighted by molar-refractivity contribution is -0.117. The molecule has 1 saturated heterocycles. The first-order chi connectivity index (χ1) is 15.7. The molecule has 0 aromatic carbocycles. The van der Waals surface area contributed by atoms with E-state index < -0.39 is 0 Å². The van der Waals surface area contributed by atoms with Crippen LogP contribution < -0.4 is 10.6 Å². The first kappa shape index (κ1) is 24.4. The van der Waals surface area contributed by atoms with Gasteiger partial charge in [-0.2, -0.15) is 0 Å².